The molecule has 0 aliphatic carbocycles. The normalized spacial score (nSPS) is 16.4. The van der Waals surface area contributed by atoms with Gasteiger partial charge in [0.1, 0.15) is 24.2 Å². The second-order valence-corrected chi connectivity index (χ2v) is 6.97. The summed E-state index contributed by atoms with van der Waals surface area (Å²) in [5, 5.41) is 34.5. The van der Waals surface area contributed by atoms with Crippen LogP contribution in [0.5, 0.6) is 0 Å². The van der Waals surface area contributed by atoms with Crippen LogP contribution in [0.3, 0.4) is 0 Å². The molecule has 0 spiro atoms. The van der Waals surface area contributed by atoms with Gasteiger partial charge in [-0.15, -0.1) is 0 Å². The Bertz CT molecular complexity index is 556. The van der Waals surface area contributed by atoms with Crippen molar-refractivity contribution in [3.8, 4) is 0 Å². The first-order chi connectivity index (χ1) is 13.0. The first kappa shape index (κ1) is 25.8. The van der Waals surface area contributed by atoms with Crippen LogP contribution in [0.2, 0.25) is 0 Å². The van der Waals surface area contributed by atoms with E-state index in [1.807, 2.05) is 0 Å². The Morgan fingerprint density at radius 2 is 1.39 bits per heavy atom. The molecule has 28 heavy (non-hydrogen) atoms. The van der Waals surface area contributed by atoms with E-state index in [9.17, 15) is 29.4 Å². The van der Waals surface area contributed by atoms with Crippen LogP contribution in [0.4, 0.5) is 0 Å². The van der Waals surface area contributed by atoms with Gasteiger partial charge in [-0.05, 0) is 11.8 Å². The van der Waals surface area contributed by atoms with Gasteiger partial charge >= 0.3 is 5.97 Å². The number of aliphatic hydroxyl groups is 2. The molecule has 0 heterocycles. The second kappa shape index (κ2) is 12.3. The number of rotatable bonds is 12. The lowest BCUT2D eigenvalue weighted by Gasteiger charge is -2.27. The first-order valence-electron chi connectivity index (χ1n) is 9.11. The highest BCUT2D eigenvalue weighted by atomic mass is 16.4. The topological polar surface area (TPSA) is 191 Å². The fourth-order valence-corrected chi connectivity index (χ4v) is 2.27. The number of hydrogen-bond acceptors (Lipinski definition) is 7. The Morgan fingerprint density at radius 1 is 0.857 bits per heavy atom. The molecular weight excluding hydrogens is 372 g/mol. The minimum Gasteiger partial charge on any atom is -0.480 e. The van der Waals surface area contributed by atoms with Crippen molar-refractivity contribution in [3.63, 3.8) is 0 Å². The number of carbonyl (C=O) groups is 4. The summed E-state index contributed by atoms with van der Waals surface area (Å²) in [5.41, 5.74) is 5.35. The van der Waals surface area contributed by atoms with Crippen molar-refractivity contribution < 1.29 is 34.5 Å². The van der Waals surface area contributed by atoms with Crippen molar-refractivity contribution in [1.29, 1.82) is 0 Å². The van der Waals surface area contributed by atoms with E-state index in [1.54, 1.807) is 27.7 Å². The molecule has 0 aromatic rings. The molecule has 5 unspecified atom stereocenters. The van der Waals surface area contributed by atoms with Gasteiger partial charge in [0.2, 0.25) is 17.7 Å². The third-order valence-corrected chi connectivity index (χ3v) is 4.37. The molecule has 3 amide bonds. The molecule has 11 heteroatoms. The van der Waals surface area contributed by atoms with Crippen LogP contribution in [-0.2, 0) is 19.2 Å². The summed E-state index contributed by atoms with van der Waals surface area (Å²) in [6.45, 7) is 5.38. The molecule has 0 rings (SSSR count). The predicted octanol–water partition coefficient (Wildman–Crippen LogP) is -2.46. The van der Waals surface area contributed by atoms with Gasteiger partial charge in [0.15, 0.2) is 0 Å². The smallest absolute Gasteiger partial charge is 0.326 e. The van der Waals surface area contributed by atoms with Gasteiger partial charge in [-0.2, -0.15) is 0 Å². The van der Waals surface area contributed by atoms with Gasteiger partial charge in [-0.3, -0.25) is 14.4 Å². The standard InChI is InChI=1S/C17H32N4O7/c1-5-9(4)13(17(27)28)21-16(26)12(8(2)3)20-15(25)11(7-23)19-14(24)10(18)6-22/h8-13,22-23H,5-7,18H2,1-4H3,(H,19,24)(H,20,25)(H,21,26)(H,27,28). The molecule has 0 fully saturated rings. The Kier molecular flexibility index (Phi) is 11.3. The SMILES string of the molecule is CCC(C)C(NC(=O)C(NC(=O)C(CO)NC(=O)C(N)CO)C(C)C)C(=O)O. The van der Waals surface area contributed by atoms with Crippen LogP contribution in [-0.4, -0.2) is 76.4 Å². The van der Waals surface area contributed by atoms with Gasteiger partial charge < -0.3 is 37.0 Å². The fraction of sp³-hybridized carbons (Fsp3) is 0.765. The van der Waals surface area contributed by atoms with E-state index in [-0.39, 0.29) is 5.92 Å². The minimum atomic E-state index is -1.39. The Labute approximate surface area is 164 Å². The average molecular weight is 404 g/mol. The van der Waals surface area contributed by atoms with Gasteiger partial charge in [-0.1, -0.05) is 34.1 Å². The van der Waals surface area contributed by atoms with E-state index < -0.39 is 67.0 Å². The second-order valence-electron chi connectivity index (χ2n) is 6.97. The average Bonchev–Trinajstić information content (AvgIpc) is 2.65. The highest BCUT2D eigenvalue weighted by Gasteiger charge is 2.33. The largest absolute Gasteiger partial charge is 0.480 e. The van der Waals surface area contributed by atoms with Crippen LogP contribution >= 0.6 is 0 Å². The number of carbonyl (C=O) groups excluding carboxylic acids is 3. The number of hydrogen-bond donors (Lipinski definition) is 7. The lowest BCUT2D eigenvalue weighted by atomic mass is 9.97. The molecule has 0 radical (unpaired) electrons. The number of carboxylic acids is 1. The molecule has 8 N–H and O–H groups in total. The van der Waals surface area contributed by atoms with E-state index in [2.05, 4.69) is 16.0 Å². The summed E-state index contributed by atoms with van der Waals surface area (Å²) >= 11 is 0. The zero-order valence-electron chi connectivity index (χ0n) is 16.6. The Morgan fingerprint density at radius 3 is 1.79 bits per heavy atom. The molecule has 0 aliphatic heterocycles. The van der Waals surface area contributed by atoms with E-state index in [0.717, 1.165) is 0 Å². The highest BCUT2D eigenvalue weighted by Crippen LogP contribution is 2.10. The minimum absolute atomic E-state index is 0.325. The van der Waals surface area contributed by atoms with E-state index in [0.29, 0.717) is 6.42 Å². The highest BCUT2D eigenvalue weighted by molar-refractivity contribution is 5.94. The summed E-state index contributed by atoms with van der Waals surface area (Å²) in [7, 11) is 0. The molecule has 0 aromatic heterocycles. The monoisotopic (exact) mass is 404 g/mol. The third kappa shape index (κ3) is 7.79. The van der Waals surface area contributed by atoms with Crippen molar-refractivity contribution in [1.82, 2.24) is 16.0 Å². The van der Waals surface area contributed by atoms with Gasteiger partial charge in [0, 0.05) is 0 Å². The maximum Gasteiger partial charge on any atom is 0.326 e. The molecule has 5 atom stereocenters. The third-order valence-electron chi connectivity index (χ3n) is 4.37. The maximum absolute atomic E-state index is 12.6. The lowest BCUT2D eigenvalue weighted by Crippen LogP contribution is -2.60. The zero-order chi connectivity index (χ0) is 22.0. The number of aliphatic hydroxyl groups excluding tert-OH is 2. The van der Waals surface area contributed by atoms with Crippen molar-refractivity contribution in [3.05, 3.63) is 0 Å². The van der Waals surface area contributed by atoms with Crippen molar-refractivity contribution in [2.75, 3.05) is 13.2 Å². The first-order valence-corrected chi connectivity index (χ1v) is 9.11. The van der Waals surface area contributed by atoms with Gasteiger partial charge in [0.25, 0.3) is 0 Å². The summed E-state index contributed by atoms with van der Waals surface area (Å²) in [6.07, 6.45) is 0.527. The number of amides is 3. The fourth-order valence-electron chi connectivity index (χ4n) is 2.27. The van der Waals surface area contributed by atoms with Crippen LogP contribution in [0, 0.1) is 11.8 Å². The molecule has 0 aliphatic rings. The molecular formula is C17H32N4O7. The van der Waals surface area contributed by atoms with E-state index in [1.165, 1.54) is 0 Å². The van der Waals surface area contributed by atoms with Gasteiger partial charge in [0.05, 0.1) is 13.2 Å². The maximum atomic E-state index is 12.6. The van der Waals surface area contributed by atoms with Crippen LogP contribution < -0.4 is 21.7 Å². The summed E-state index contributed by atoms with van der Waals surface area (Å²) < 4.78 is 0. The molecule has 0 aromatic carbocycles. The van der Waals surface area contributed by atoms with Crippen LogP contribution in [0.25, 0.3) is 0 Å². The molecule has 0 bridgehead atoms. The molecule has 11 nitrogen and oxygen atoms in total. The van der Waals surface area contributed by atoms with E-state index in [4.69, 9.17) is 10.8 Å². The van der Waals surface area contributed by atoms with Crippen molar-refractivity contribution in [2.45, 2.75) is 58.3 Å². The summed E-state index contributed by atoms with van der Waals surface area (Å²) in [5.74, 6) is -4.28. The number of nitrogens with one attached hydrogen (secondary N) is 3. The Hall–Kier alpha value is -2.24. The lowest BCUT2D eigenvalue weighted by molar-refractivity contribution is -0.144. The molecule has 0 saturated carbocycles. The predicted molar refractivity (Wildman–Crippen MR) is 99.9 cm³/mol. The summed E-state index contributed by atoms with van der Waals surface area (Å²) in [4.78, 5) is 48.0. The number of nitrogens with two attached hydrogens (primary N) is 1. The number of carboxylic acid groups (broad SMARTS) is 1. The van der Waals surface area contributed by atoms with Crippen molar-refractivity contribution >= 4 is 23.7 Å². The van der Waals surface area contributed by atoms with E-state index >= 15 is 0 Å². The molecule has 0 saturated heterocycles. The van der Waals surface area contributed by atoms with Gasteiger partial charge in [-0.25, -0.2) is 4.79 Å². The van der Waals surface area contributed by atoms with Crippen molar-refractivity contribution in [2.24, 2.45) is 17.6 Å². The quantitative estimate of drug-likeness (QED) is 0.186. The summed E-state index contributed by atoms with van der Waals surface area (Å²) in [6, 6.07) is -4.86. The number of aliphatic carboxylic acids is 1. The molecule has 162 valence electrons. The zero-order valence-corrected chi connectivity index (χ0v) is 16.6. The van der Waals surface area contributed by atoms with Crippen LogP contribution in [0.15, 0.2) is 0 Å². The van der Waals surface area contributed by atoms with Crippen LogP contribution in [0.1, 0.15) is 34.1 Å². The Balaban J connectivity index is 5.21.